The molecule has 3 rings (SSSR count). The fourth-order valence-electron chi connectivity index (χ4n) is 3.00. The number of non-ortho nitro benzene ring substituents is 1. The van der Waals surface area contributed by atoms with Crippen molar-refractivity contribution < 1.29 is 14.4 Å². The Labute approximate surface area is 193 Å². The van der Waals surface area contributed by atoms with Crippen molar-refractivity contribution in [2.45, 2.75) is 20.4 Å². The Hall–Kier alpha value is -3.56. The Bertz CT molecular complexity index is 1250. The molecule has 0 aliphatic carbocycles. The molecule has 11 heteroatoms. The van der Waals surface area contributed by atoms with Gasteiger partial charge in [0, 0.05) is 30.7 Å². The second kappa shape index (κ2) is 9.71. The summed E-state index contributed by atoms with van der Waals surface area (Å²) >= 11 is 12.2. The van der Waals surface area contributed by atoms with Gasteiger partial charge in [-0.1, -0.05) is 29.3 Å². The van der Waals surface area contributed by atoms with Crippen LogP contribution in [0.4, 0.5) is 17.1 Å². The van der Waals surface area contributed by atoms with Gasteiger partial charge in [-0.25, -0.2) is 0 Å². The van der Waals surface area contributed by atoms with Crippen molar-refractivity contribution in [1.29, 1.82) is 0 Å². The van der Waals surface area contributed by atoms with Gasteiger partial charge in [-0.05, 0) is 30.7 Å². The van der Waals surface area contributed by atoms with E-state index in [1.54, 1.807) is 18.2 Å². The molecule has 0 amide bonds. The second-order valence-electron chi connectivity index (χ2n) is 6.99. The minimum Gasteiger partial charge on any atom is -0.271 e. The van der Waals surface area contributed by atoms with Gasteiger partial charge >= 0.3 is 5.69 Å². The molecule has 0 atom stereocenters. The van der Waals surface area contributed by atoms with Gasteiger partial charge in [0.1, 0.15) is 11.4 Å². The first-order valence-corrected chi connectivity index (χ1v) is 10.1. The average Bonchev–Trinajstić information content (AvgIpc) is 2.74. The van der Waals surface area contributed by atoms with Gasteiger partial charge in [-0.15, -0.1) is 0 Å². The van der Waals surface area contributed by atoms with E-state index < -0.39 is 15.5 Å². The van der Waals surface area contributed by atoms with Crippen LogP contribution in [0.3, 0.4) is 0 Å². The van der Waals surface area contributed by atoms with E-state index in [4.69, 9.17) is 23.2 Å². The smallest absolute Gasteiger partial charge is 0.271 e. The number of aryl methyl sites for hydroxylation is 2. The topological polar surface area (TPSA) is 115 Å². The van der Waals surface area contributed by atoms with Crippen LogP contribution in [0, 0.1) is 34.1 Å². The molecule has 3 aromatic rings. The number of nitrogens with zero attached hydrogens (tertiary/aromatic N) is 4. The van der Waals surface area contributed by atoms with E-state index in [2.05, 4.69) is 10.5 Å². The lowest BCUT2D eigenvalue weighted by atomic mass is 10.1. The van der Waals surface area contributed by atoms with Crippen LogP contribution in [0.2, 0.25) is 10.0 Å². The summed E-state index contributed by atoms with van der Waals surface area (Å²) in [4.78, 5) is 21.0. The number of benzene rings is 2. The van der Waals surface area contributed by atoms with E-state index in [1.165, 1.54) is 12.1 Å². The van der Waals surface area contributed by atoms with Crippen molar-refractivity contribution in [3.63, 3.8) is 0 Å². The van der Waals surface area contributed by atoms with Gasteiger partial charge < -0.3 is 0 Å². The molecule has 0 saturated heterocycles. The molecule has 1 heterocycles. The summed E-state index contributed by atoms with van der Waals surface area (Å²) in [5.41, 5.74) is 5.11. The van der Waals surface area contributed by atoms with Crippen LogP contribution in [0.25, 0.3) is 0 Å². The monoisotopic (exact) mass is 474 g/mol. The van der Waals surface area contributed by atoms with Crippen molar-refractivity contribution in [1.82, 2.24) is 0 Å². The number of nitro groups is 2. The summed E-state index contributed by atoms with van der Waals surface area (Å²) in [6.45, 7) is 4.27. The minimum absolute atomic E-state index is 0.0174. The molecule has 9 nitrogen and oxygen atoms in total. The molecular formula is C21H18Cl2N5O4+. The molecule has 2 aromatic carbocycles. The van der Waals surface area contributed by atoms with Crippen LogP contribution in [0.5, 0.6) is 0 Å². The molecule has 0 aliphatic rings. The van der Waals surface area contributed by atoms with Crippen LogP contribution < -0.4 is 9.99 Å². The fraction of sp³-hybridized carbons (Fsp3) is 0.143. The van der Waals surface area contributed by atoms with Crippen LogP contribution in [-0.2, 0) is 6.54 Å². The van der Waals surface area contributed by atoms with E-state index in [0.717, 1.165) is 17.3 Å². The molecule has 164 valence electrons. The zero-order chi connectivity index (χ0) is 23.4. The quantitative estimate of drug-likeness (QED) is 0.218. The highest BCUT2D eigenvalue weighted by Gasteiger charge is 2.20. The third-order valence-electron chi connectivity index (χ3n) is 4.68. The Morgan fingerprint density at radius 3 is 2.38 bits per heavy atom. The summed E-state index contributed by atoms with van der Waals surface area (Å²) < 4.78 is 1.96. The third kappa shape index (κ3) is 5.37. The number of pyridine rings is 1. The predicted molar refractivity (Wildman–Crippen MR) is 122 cm³/mol. The second-order valence-corrected chi connectivity index (χ2v) is 7.80. The number of hydrazone groups is 1. The summed E-state index contributed by atoms with van der Waals surface area (Å²) in [5, 5.41) is 27.5. The standard InChI is InChI=1S/C21H18Cl2N5O4/c1-13-7-8-26(14(2)9-13)12-20(15-3-5-17(22)18(23)10-15)25-24-19-6-4-16(27(29)30)11-21(19)28(31)32/h3-11,24H,12H2,1-2H3/q+1/b25-20+. The zero-order valence-electron chi connectivity index (χ0n) is 17.1. The first-order valence-electron chi connectivity index (χ1n) is 9.33. The van der Waals surface area contributed by atoms with Gasteiger partial charge in [-0.2, -0.15) is 9.67 Å². The Morgan fingerprint density at radius 1 is 1.00 bits per heavy atom. The lowest BCUT2D eigenvalue weighted by Gasteiger charge is -2.09. The van der Waals surface area contributed by atoms with E-state index >= 15 is 0 Å². The van der Waals surface area contributed by atoms with Gasteiger partial charge in [0.05, 0.1) is 26.0 Å². The summed E-state index contributed by atoms with van der Waals surface area (Å²) in [6.07, 6.45) is 1.91. The lowest BCUT2D eigenvalue weighted by molar-refractivity contribution is -0.687. The largest absolute Gasteiger partial charge is 0.301 e. The molecule has 0 aliphatic heterocycles. The number of hydrogen-bond acceptors (Lipinski definition) is 6. The van der Waals surface area contributed by atoms with E-state index in [9.17, 15) is 20.2 Å². The van der Waals surface area contributed by atoms with Gasteiger partial charge in [0.15, 0.2) is 18.4 Å². The lowest BCUT2D eigenvalue weighted by Crippen LogP contribution is -2.41. The van der Waals surface area contributed by atoms with Crippen molar-refractivity contribution >= 4 is 46.0 Å². The third-order valence-corrected chi connectivity index (χ3v) is 5.42. The van der Waals surface area contributed by atoms with E-state index in [-0.39, 0.29) is 11.4 Å². The first-order chi connectivity index (χ1) is 15.2. The summed E-state index contributed by atoms with van der Waals surface area (Å²) in [7, 11) is 0. The van der Waals surface area contributed by atoms with Gasteiger partial charge in [-0.3, -0.25) is 25.7 Å². The fourth-order valence-corrected chi connectivity index (χ4v) is 3.30. The van der Waals surface area contributed by atoms with Crippen molar-refractivity contribution in [3.05, 3.63) is 102 Å². The average molecular weight is 475 g/mol. The normalized spacial score (nSPS) is 11.3. The van der Waals surface area contributed by atoms with Crippen molar-refractivity contribution in [2.24, 2.45) is 5.10 Å². The number of aromatic nitrogens is 1. The number of halogens is 2. The molecule has 0 radical (unpaired) electrons. The SMILES string of the molecule is Cc1cc[n+](C/C(=N\Nc2ccc([N+](=O)[O-])cc2[N+](=O)[O-])c2ccc(Cl)c(Cl)c2)c(C)c1. The number of nitrogens with one attached hydrogen (secondary N) is 1. The van der Waals surface area contributed by atoms with Crippen LogP contribution in [-0.4, -0.2) is 15.6 Å². The molecule has 0 spiro atoms. The van der Waals surface area contributed by atoms with Crippen molar-refractivity contribution in [2.75, 3.05) is 5.43 Å². The molecule has 0 fully saturated rings. The molecule has 32 heavy (non-hydrogen) atoms. The first kappa shape index (κ1) is 23.1. The van der Waals surface area contributed by atoms with Gasteiger partial charge in [0.2, 0.25) is 0 Å². The van der Waals surface area contributed by atoms with E-state index in [0.29, 0.717) is 27.9 Å². The number of rotatable bonds is 7. The number of hydrogen-bond donors (Lipinski definition) is 1. The highest BCUT2D eigenvalue weighted by atomic mass is 35.5. The van der Waals surface area contributed by atoms with Crippen LogP contribution in [0.15, 0.2) is 59.8 Å². The van der Waals surface area contributed by atoms with Crippen LogP contribution >= 0.6 is 23.2 Å². The maximum absolute atomic E-state index is 11.4. The summed E-state index contributed by atoms with van der Waals surface area (Å²) in [6, 6.07) is 12.3. The Kier molecular flexibility index (Phi) is 7.01. The minimum atomic E-state index is -0.706. The molecule has 0 unspecified atom stereocenters. The molecule has 0 bridgehead atoms. The molecular weight excluding hydrogens is 457 g/mol. The highest BCUT2D eigenvalue weighted by molar-refractivity contribution is 6.42. The van der Waals surface area contributed by atoms with E-state index in [1.807, 2.05) is 36.7 Å². The predicted octanol–water partition coefficient (Wildman–Crippen LogP) is 5.23. The van der Waals surface area contributed by atoms with Gasteiger partial charge in [0.25, 0.3) is 5.69 Å². The Morgan fingerprint density at radius 2 is 1.75 bits per heavy atom. The maximum Gasteiger partial charge on any atom is 0.301 e. The zero-order valence-corrected chi connectivity index (χ0v) is 18.6. The van der Waals surface area contributed by atoms with Crippen LogP contribution in [0.1, 0.15) is 16.8 Å². The molecule has 0 saturated carbocycles. The number of nitro benzene ring substituents is 2. The Balaban J connectivity index is 2.04. The highest BCUT2D eigenvalue weighted by Crippen LogP contribution is 2.29. The number of anilines is 1. The molecule has 1 N–H and O–H groups in total. The molecule has 1 aromatic heterocycles. The summed E-state index contributed by atoms with van der Waals surface area (Å²) in [5.74, 6) is 0. The van der Waals surface area contributed by atoms with Crippen molar-refractivity contribution in [3.8, 4) is 0 Å². The maximum atomic E-state index is 11.4.